The summed E-state index contributed by atoms with van der Waals surface area (Å²) in [4.78, 5) is 22.7. The highest BCUT2D eigenvalue weighted by Crippen LogP contribution is 2.31. The molecule has 0 spiro atoms. The third kappa shape index (κ3) is 3.99. The van der Waals surface area contributed by atoms with Crippen molar-refractivity contribution in [1.82, 2.24) is 0 Å². The van der Waals surface area contributed by atoms with Crippen LogP contribution in [0.1, 0.15) is 10.4 Å². The summed E-state index contributed by atoms with van der Waals surface area (Å²) in [5.41, 5.74) is -1.23. The van der Waals surface area contributed by atoms with Crippen LogP contribution in [0.5, 0.6) is 0 Å². The first kappa shape index (κ1) is 16.6. The Morgan fingerprint density at radius 3 is 2.76 bits per heavy atom. The number of nitro benzene ring substituents is 1. The molecule has 0 saturated carbocycles. The predicted molar refractivity (Wildman–Crippen MR) is 74.3 cm³/mol. The van der Waals surface area contributed by atoms with Gasteiger partial charge in [-0.3, -0.25) is 10.1 Å². The van der Waals surface area contributed by atoms with Crippen LogP contribution in [0.4, 0.5) is 15.8 Å². The van der Waals surface area contributed by atoms with Crippen molar-refractivity contribution >= 4 is 17.3 Å². The van der Waals surface area contributed by atoms with E-state index in [1.54, 1.807) is 0 Å². The number of carbonyl (C=O) groups is 1. The largest absolute Gasteiger partial charge is 0.478 e. The van der Waals surface area contributed by atoms with Crippen molar-refractivity contribution in [3.63, 3.8) is 0 Å². The fourth-order valence-electron chi connectivity index (χ4n) is 1.78. The molecule has 0 aliphatic heterocycles. The Morgan fingerprint density at radius 1 is 1.62 bits per heavy atom. The lowest BCUT2D eigenvalue weighted by Gasteiger charge is -2.23. The highest BCUT2D eigenvalue weighted by molar-refractivity contribution is 5.90. The van der Waals surface area contributed by atoms with Crippen LogP contribution in [0.25, 0.3) is 0 Å². The minimum atomic E-state index is -1.56. The molecular formula is C13H15FN2O5. The van der Waals surface area contributed by atoms with Crippen LogP contribution in [0.2, 0.25) is 0 Å². The zero-order valence-corrected chi connectivity index (χ0v) is 11.4. The van der Waals surface area contributed by atoms with Gasteiger partial charge in [-0.15, -0.1) is 6.58 Å². The predicted octanol–water partition coefficient (Wildman–Crippen LogP) is 2.07. The Labute approximate surface area is 120 Å². The molecule has 114 valence electrons. The summed E-state index contributed by atoms with van der Waals surface area (Å²) in [6.07, 6.45) is 1.50. The number of hydrogen-bond acceptors (Lipinski definition) is 5. The SMILES string of the molecule is C=CCN(CCOC)c1cc(F)c(C(=O)O)cc1[N+](=O)[O-]. The number of aromatic carboxylic acids is 1. The number of benzene rings is 1. The first-order valence-corrected chi connectivity index (χ1v) is 5.98. The van der Waals surface area contributed by atoms with Crippen molar-refractivity contribution in [2.45, 2.75) is 0 Å². The van der Waals surface area contributed by atoms with Gasteiger partial charge in [0.25, 0.3) is 5.69 Å². The van der Waals surface area contributed by atoms with Crippen LogP contribution in [-0.2, 0) is 4.74 Å². The molecule has 0 heterocycles. The van der Waals surface area contributed by atoms with Crippen LogP contribution in [0, 0.1) is 15.9 Å². The zero-order chi connectivity index (χ0) is 16.0. The Bertz CT molecular complexity index is 562. The minimum Gasteiger partial charge on any atom is -0.478 e. The maximum absolute atomic E-state index is 13.8. The molecule has 0 amide bonds. The highest BCUT2D eigenvalue weighted by atomic mass is 19.1. The first-order chi connectivity index (χ1) is 9.92. The summed E-state index contributed by atoms with van der Waals surface area (Å²) in [5, 5.41) is 19.9. The monoisotopic (exact) mass is 298 g/mol. The fraction of sp³-hybridized carbons (Fsp3) is 0.308. The first-order valence-electron chi connectivity index (χ1n) is 5.98. The summed E-state index contributed by atoms with van der Waals surface area (Å²) < 4.78 is 18.7. The molecule has 0 bridgehead atoms. The van der Waals surface area contributed by atoms with Crippen LogP contribution in [-0.4, -0.2) is 42.8 Å². The van der Waals surface area contributed by atoms with Crippen LogP contribution in [0.3, 0.4) is 0 Å². The second-order valence-electron chi connectivity index (χ2n) is 4.11. The van der Waals surface area contributed by atoms with E-state index in [4.69, 9.17) is 9.84 Å². The smallest absolute Gasteiger partial charge is 0.338 e. The molecule has 1 aromatic rings. The third-order valence-corrected chi connectivity index (χ3v) is 2.75. The molecule has 21 heavy (non-hydrogen) atoms. The number of hydrogen-bond donors (Lipinski definition) is 1. The quantitative estimate of drug-likeness (QED) is 0.448. The molecule has 1 N–H and O–H groups in total. The van der Waals surface area contributed by atoms with E-state index in [-0.39, 0.29) is 25.4 Å². The zero-order valence-electron chi connectivity index (χ0n) is 11.4. The van der Waals surface area contributed by atoms with E-state index in [1.165, 1.54) is 18.1 Å². The van der Waals surface area contributed by atoms with Crippen molar-refractivity contribution in [2.75, 3.05) is 31.7 Å². The Hall–Kier alpha value is -2.48. The molecule has 0 radical (unpaired) electrons. The molecule has 0 aliphatic carbocycles. The maximum atomic E-state index is 13.8. The molecular weight excluding hydrogens is 283 g/mol. The number of anilines is 1. The lowest BCUT2D eigenvalue weighted by molar-refractivity contribution is -0.384. The number of rotatable bonds is 8. The Morgan fingerprint density at radius 2 is 2.29 bits per heavy atom. The maximum Gasteiger partial charge on any atom is 0.338 e. The van der Waals surface area contributed by atoms with Gasteiger partial charge in [0, 0.05) is 32.3 Å². The summed E-state index contributed by atoms with van der Waals surface area (Å²) in [6, 6.07) is 1.57. The number of nitro groups is 1. The summed E-state index contributed by atoms with van der Waals surface area (Å²) in [6.45, 7) is 4.31. The normalized spacial score (nSPS) is 10.2. The molecule has 1 rings (SSSR count). The van der Waals surface area contributed by atoms with Gasteiger partial charge in [-0.1, -0.05) is 6.08 Å². The molecule has 7 nitrogen and oxygen atoms in total. The van der Waals surface area contributed by atoms with Crippen LogP contribution in [0.15, 0.2) is 24.8 Å². The number of halogens is 1. The van der Waals surface area contributed by atoms with E-state index in [9.17, 15) is 19.3 Å². The molecule has 0 saturated heterocycles. The topological polar surface area (TPSA) is 92.9 Å². The molecule has 0 fully saturated rings. The van der Waals surface area contributed by atoms with Gasteiger partial charge < -0.3 is 14.7 Å². The van der Waals surface area contributed by atoms with E-state index in [0.29, 0.717) is 0 Å². The average molecular weight is 298 g/mol. The molecule has 1 aromatic carbocycles. The standard InChI is InChI=1S/C13H15FN2O5/c1-3-4-15(5-6-21-2)11-8-10(14)9(13(17)18)7-12(11)16(19)20/h3,7-8H,1,4-6H2,2H3,(H,17,18). The van der Waals surface area contributed by atoms with Crippen molar-refractivity contribution in [3.8, 4) is 0 Å². The number of methoxy groups -OCH3 is 1. The average Bonchev–Trinajstić information content (AvgIpc) is 2.42. The van der Waals surface area contributed by atoms with Gasteiger partial charge in [0.15, 0.2) is 0 Å². The van der Waals surface area contributed by atoms with Gasteiger partial charge >= 0.3 is 5.97 Å². The molecule has 0 atom stereocenters. The van der Waals surface area contributed by atoms with E-state index in [1.807, 2.05) is 0 Å². The molecule has 0 unspecified atom stereocenters. The van der Waals surface area contributed by atoms with Gasteiger partial charge in [-0.05, 0) is 0 Å². The van der Waals surface area contributed by atoms with Crippen molar-refractivity contribution in [1.29, 1.82) is 0 Å². The van der Waals surface area contributed by atoms with E-state index in [0.717, 1.165) is 12.1 Å². The Kier molecular flexibility index (Phi) is 5.79. The Balaban J connectivity index is 3.36. The van der Waals surface area contributed by atoms with Gasteiger partial charge in [-0.2, -0.15) is 0 Å². The van der Waals surface area contributed by atoms with E-state index in [2.05, 4.69) is 6.58 Å². The van der Waals surface area contributed by atoms with Crippen LogP contribution < -0.4 is 4.90 Å². The number of nitrogens with zero attached hydrogens (tertiary/aromatic N) is 2. The minimum absolute atomic E-state index is 0.0144. The van der Waals surface area contributed by atoms with Gasteiger partial charge in [-0.25, -0.2) is 9.18 Å². The van der Waals surface area contributed by atoms with E-state index < -0.39 is 28.0 Å². The fourth-order valence-corrected chi connectivity index (χ4v) is 1.78. The molecule has 8 heteroatoms. The number of carboxylic acids is 1. The van der Waals surface area contributed by atoms with Gasteiger partial charge in [0.2, 0.25) is 0 Å². The summed E-state index contributed by atoms with van der Waals surface area (Å²) >= 11 is 0. The van der Waals surface area contributed by atoms with Crippen molar-refractivity contribution in [2.24, 2.45) is 0 Å². The number of carboxylic acid groups (broad SMARTS) is 1. The summed E-state index contributed by atoms with van der Waals surface area (Å²) in [7, 11) is 1.47. The lowest BCUT2D eigenvalue weighted by atomic mass is 10.1. The highest BCUT2D eigenvalue weighted by Gasteiger charge is 2.24. The van der Waals surface area contributed by atoms with Gasteiger partial charge in [0.1, 0.15) is 17.1 Å². The van der Waals surface area contributed by atoms with Crippen LogP contribution >= 0.6 is 0 Å². The molecule has 0 aromatic heterocycles. The van der Waals surface area contributed by atoms with E-state index >= 15 is 0 Å². The second-order valence-corrected chi connectivity index (χ2v) is 4.11. The van der Waals surface area contributed by atoms with Crippen molar-refractivity contribution < 1.29 is 24.0 Å². The van der Waals surface area contributed by atoms with Crippen molar-refractivity contribution in [3.05, 3.63) is 46.3 Å². The summed E-state index contributed by atoms with van der Waals surface area (Å²) in [5.74, 6) is -2.59. The third-order valence-electron chi connectivity index (χ3n) is 2.75. The second kappa shape index (κ2) is 7.34. The van der Waals surface area contributed by atoms with Gasteiger partial charge in [0.05, 0.1) is 11.5 Å². The molecule has 0 aliphatic rings. The number of ether oxygens (including phenoxy) is 1. The lowest BCUT2D eigenvalue weighted by Crippen LogP contribution is -2.28.